The Morgan fingerprint density at radius 3 is 2.58 bits per heavy atom. The van der Waals surface area contributed by atoms with E-state index in [4.69, 9.17) is 5.73 Å². The quantitative estimate of drug-likeness (QED) is 0.672. The Kier molecular flexibility index (Phi) is 5.16. The molecule has 126 valence electrons. The van der Waals surface area contributed by atoms with Crippen LogP contribution in [0.4, 0.5) is 5.69 Å². The molecule has 0 bridgehead atoms. The molecule has 1 aliphatic heterocycles. The number of hydrogen-bond acceptors (Lipinski definition) is 2. The zero-order valence-corrected chi connectivity index (χ0v) is 14.5. The van der Waals surface area contributed by atoms with E-state index in [9.17, 15) is 0 Å². The Morgan fingerprint density at radius 1 is 1.12 bits per heavy atom. The van der Waals surface area contributed by atoms with Crippen LogP contribution in [0.2, 0.25) is 0 Å². The third-order valence-corrected chi connectivity index (χ3v) is 4.40. The van der Waals surface area contributed by atoms with Crippen molar-refractivity contribution in [3.63, 3.8) is 0 Å². The molecule has 1 heterocycles. The van der Waals surface area contributed by atoms with Gasteiger partial charge in [0.2, 0.25) is 0 Å². The van der Waals surface area contributed by atoms with Crippen molar-refractivity contribution in [2.75, 3.05) is 25.0 Å². The number of anilines is 1. The lowest BCUT2D eigenvalue weighted by Gasteiger charge is -2.28. The van der Waals surface area contributed by atoms with E-state index in [1.807, 2.05) is 0 Å². The number of nitrogens with zero attached hydrogens (tertiary/aromatic N) is 2. The first kappa shape index (κ1) is 16.5. The second-order valence-corrected chi connectivity index (χ2v) is 6.56. The van der Waals surface area contributed by atoms with E-state index < -0.39 is 0 Å². The van der Waals surface area contributed by atoms with Gasteiger partial charge in [0.15, 0.2) is 5.96 Å². The van der Waals surface area contributed by atoms with Crippen LogP contribution >= 0.6 is 0 Å². The molecule has 0 unspecified atom stereocenters. The maximum Gasteiger partial charge on any atom is 0.193 e. The van der Waals surface area contributed by atoms with Crippen LogP contribution in [0.3, 0.4) is 0 Å². The number of rotatable bonds is 4. The standard InChI is InChI=1S/C20H26N4/c1-15-11-16(2)13-19(12-15)23-20(21)22-8-10-24-9-7-17-5-3-4-6-18(17)14-24/h3-6,11-13H,7-10,14H2,1-2H3,(H3,21,22,23). The first-order valence-electron chi connectivity index (χ1n) is 8.54. The summed E-state index contributed by atoms with van der Waals surface area (Å²) >= 11 is 0. The van der Waals surface area contributed by atoms with Crippen LogP contribution < -0.4 is 11.1 Å². The summed E-state index contributed by atoms with van der Waals surface area (Å²) in [6.45, 7) is 7.92. The molecule has 0 amide bonds. The minimum atomic E-state index is 0.484. The lowest BCUT2D eigenvalue weighted by atomic mass is 10.0. The molecule has 0 saturated heterocycles. The van der Waals surface area contributed by atoms with E-state index in [1.165, 1.54) is 22.3 Å². The van der Waals surface area contributed by atoms with Crippen LogP contribution in [0.5, 0.6) is 0 Å². The summed E-state index contributed by atoms with van der Waals surface area (Å²) in [5.41, 5.74) is 12.4. The molecule has 0 saturated carbocycles. The Labute approximate surface area is 144 Å². The van der Waals surface area contributed by atoms with Gasteiger partial charge in [0, 0.05) is 25.3 Å². The highest BCUT2D eigenvalue weighted by molar-refractivity contribution is 5.92. The lowest BCUT2D eigenvalue weighted by Crippen LogP contribution is -2.33. The fraction of sp³-hybridized carbons (Fsp3) is 0.350. The molecule has 3 rings (SSSR count). The maximum atomic E-state index is 6.02. The van der Waals surface area contributed by atoms with Crippen molar-refractivity contribution in [3.8, 4) is 0 Å². The second-order valence-electron chi connectivity index (χ2n) is 6.56. The van der Waals surface area contributed by atoms with Crippen LogP contribution in [-0.2, 0) is 13.0 Å². The number of nitrogens with one attached hydrogen (secondary N) is 1. The molecular weight excluding hydrogens is 296 g/mol. The second kappa shape index (κ2) is 7.49. The largest absolute Gasteiger partial charge is 0.370 e. The highest BCUT2D eigenvalue weighted by atomic mass is 15.2. The molecule has 3 N–H and O–H groups in total. The van der Waals surface area contributed by atoms with Gasteiger partial charge >= 0.3 is 0 Å². The van der Waals surface area contributed by atoms with E-state index in [1.54, 1.807) is 0 Å². The molecule has 4 nitrogen and oxygen atoms in total. The van der Waals surface area contributed by atoms with Gasteiger partial charge in [-0.05, 0) is 54.7 Å². The van der Waals surface area contributed by atoms with Gasteiger partial charge in [0.1, 0.15) is 0 Å². The molecule has 4 heteroatoms. The summed E-state index contributed by atoms with van der Waals surface area (Å²) in [5.74, 6) is 0.484. The normalized spacial score (nSPS) is 15.2. The average Bonchev–Trinajstić information content (AvgIpc) is 2.53. The Bertz CT molecular complexity index is 716. The minimum Gasteiger partial charge on any atom is -0.370 e. The molecule has 0 fully saturated rings. The molecule has 0 atom stereocenters. The monoisotopic (exact) mass is 322 g/mol. The molecule has 0 radical (unpaired) electrons. The van der Waals surface area contributed by atoms with Crippen molar-refractivity contribution >= 4 is 11.6 Å². The van der Waals surface area contributed by atoms with Crippen molar-refractivity contribution in [2.45, 2.75) is 26.8 Å². The fourth-order valence-corrected chi connectivity index (χ4v) is 3.29. The van der Waals surface area contributed by atoms with Gasteiger partial charge in [-0.1, -0.05) is 30.3 Å². The number of fused-ring (bicyclic) bond motifs is 1. The summed E-state index contributed by atoms with van der Waals surface area (Å²) < 4.78 is 0. The number of benzene rings is 2. The first-order chi connectivity index (χ1) is 11.6. The highest BCUT2D eigenvalue weighted by Gasteiger charge is 2.14. The zero-order valence-electron chi connectivity index (χ0n) is 14.5. The lowest BCUT2D eigenvalue weighted by molar-refractivity contribution is 0.262. The van der Waals surface area contributed by atoms with Crippen molar-refractivity contribution in [2.24, 2.45) is 10.7 Å². The molecule has 1 aliphatic rings. The van der Waals surface area contributed by atoms with E-state index in [-0.39, 0.29) is 0 Å². The van der Waals surface area contributed by atoms with Crippen LogP contribution in [0.15, 0.2) is 47.5 Å². The molecule has 0 aromatic heterocycles. The summed E-state index contributed by atoms with van der Waals surface area (Å²) in [5, 5.41) is 3.19. The van der Waals surface area contributed by atoms with E-state index >= 15 is 0 Å². The fourth-order valence-electron chi connectivity index (χ4n) is 3.29. The smallest absolute Gasteiger partial charge is 0.193 e. The Morgan fingerprint density at radius 2 is 1.83 bits per heavy atom. The first-order valence-corrected chi connectivity index (χ1v) is 8.54. The van der Waals surface area contributed by atoms with Gasteiger partial charge in [-0.25, -0.2) is 0 Å². The van der Waals surface area contributed by atoms with Crippen LogP contribution in [0.1, 0.15) is 22.3 Å². The number of aryl methyl sites for hydroxylation is 2. The number of guanidine groups is 1. The Balaban J connectivity index is 1.51. The highest BCUT2D eigenvalue weighted by Crippen LogP contribution is 2.18. The van der Waals surface area contributed by atoms with E-state index in [0.29, 0.717) is 12.5 Å². The average molecular weight is 322 g/mol. The summed E-state index contributed by atoms with van der Waals surface area (Å²) in [6.07, 6.45) is 1.12. The third-order valence-electron chi connectivity index (χ3n) is 4.40. The van der Waals surface area contributed by atoms with Crippen LogP contribution in [0.25, 0.3) is 0 Å². The topological polar surface area (TPSA) is 53.6 Å². The molecule has 24 heavy (non-hydrogen) atoms. The molecule has 2 aromatic carbocycles. The summed E-state index contributed by atoms with van der Waals surface area (Å²) in [4.78, 5) is 6.91. The molecule has 2 aromatic rings. The van der Waals surface area contributed by atoms with E-state index in [2.05, 4.69) is 71.5 Å². The Hall–Kier alpha value is -2.33. The van der Waals surface area contributed by atoms with Gasteiger partial charge in [-0.15, -0.1) is 0 Å². The van der Waals surface area contributed by atoms with Gasteiger partial charge < -0.3 is 11.1 Å². The SMILES string of the molecule is Cc1cc(C)cc(NC(N)=NCCN2CCc3ccccc3C2)c1. The van der Waals surface area contributed by atoms with Crippen LogP contribution in [0, 0.1) is 13.8 Å². The van der Waals surface area contributed by atoms with Gasteiger partial charge in [0.25, 0.3) is 0 Å². The molecular formula is C20H26N4. The van der Waals surface area contributed by atoms with Gasteiger partial charge in [-0.3, -0.25) is 9.89 Å². The van der Waals surface area contributed by atoms with Crippen molar-refractivity contribution in [1.29, 1.82) is 0 Å². The number of hydrogen-bond donors (Lipinski definition) is 2. The van der Waals surface area contributed by atoms with Gasteiger partial charge in [0.05, 0.1) is 6.54 Å². The van der Waals surface area contributed by atoms with Crippen LogP contribution in [-0.4, -0.2) is 30.5 Å². The minimum absolute atomic E-state index is 0.484. The van der Waals surface area contributed by atoms with Crippen molar-refractivity contribution < 1.29 is 0 Å². The zero-order chi connectivity index (χ0) is 16.9. The third kappa shape index (κ3) is 4.36. The molecule has 0 spiro atoms. The van der Waals surface area contributed by atoms with Crippen molar-refractivity contribution in [3.05, 3.63) is 64.7 Å². The van der Waals surface area contributed by atoms with Gasteiger partial charge in [-0.2, -0.15) is 0 Å². The predicted octanol–water partition coefficient (Wildman–Crippen LogP) is 3.09. The number of aliphatic imine (C=N–C) groups is 1. The van der Waals surface area contributed by atoms with Crippen molar-refractivity contribution in [1.82, 2.24) is 4.90 Å². The summed E-state index contributed by atoms with van der Waals surface area (Å²) in [6, 6.07) is 15.0. The maximum absolute atomic E-state index is 6.02. The summed E-state index contributed by atoms with van der Waals surface area (Å²) in [7, 11) is 0. The van der Waals surface area contributed by atoms with E-state index in [0.717, 1.165) is 31.7 Å². The predicted molar refractivity (Wildman–Crippen MR) is 101 cm³/mol. The number of nitrogens with two attached hydrogens (primary N) is 1. The molecule has 0 aliphatic carbocycles.